The fourth-order valence-electron chi connectivity index (χ4n) is 1.97. The van der Waals surface area contributed by atoms with Crippen molar-refractivity contribution in [2.24, 2.45) is 0 Å². The van der Waals surface area contributed by atoms with Crippen LogP contribution in [-0.4, -0.2) is 11.1 Å². The standard InChI is InChI=1S/C15H13FO2/c1-9-4-3-5-12(10(9)2)13-7-6-11(16)8-14(13)15(17)18/h3-8H,1-2H3,(H,17,18). The molecule has 2 nitrogen and oxygen atoms in total. The monoisotopic (exact) mass is 244 g/mol. The van der Waals surface area contributed by atoms with E-state index in [2.05, 4.69) is 0 Å². The highest BCUT2D eigenvalue weighted by Gasteiger charge is 2.14. The van der Waals surface area contributed by atoms with Gasteiger partial charge in [-0.1, -0.05) is 24.3 Å². The maximum atomic E-state index is 13.1. The number of rotatable bonds is 2. The number of hydrogen-bond donors (Lipinski definition) is 1. The zero-order valence-electron chi connectivity index (χ0n) is 10.2. The van der Waals surface area contributed by atoms with E-state index in [0.717, 1.165) is 22.8 Å². The van der Waals surface area contributed by atoms with Gasteiger partial charge in [0, 0.05) is 0 Å². The van der Waals surface area contributed by atoms with Crippen LogP contribution in [0.15, 0.2) is 36.4 Å². The van der Waals surface area contributed by atoms with Crippen LogP contribution in [0.1, 0.15) is 21.5 Å². The predicted octanol–water partition coefficient (Wildman–Crippen LogP) is 3.81. The Labute approximate surface area is 105 Å². The van der Waals surface area contributed by atoms with Crippen molar-refractivity contribution in [2.45, 2.75) is 13.8 Å². The molecular weight excluding hydrogens is 231 g/mol. The third kappa shape index (κ3) is 2.12. The minimum atomic E-state index is -1.12. The summed E-state index contributed by atoms with van der Waals surface area (Å²) >= 11 is 0. The maximum absolute atomic E-state index is 13.1. The second-order valence-electron chi connectivity index (χ2n) is 4.24. The lowest BCUT2D eigenvalue weighted by Crippen LogP contribution is -2.01. The van der Waals surface area contributed by atoms with Crippen molar-refractivity contribution in [3.63, 3.8) is 0 Å². The molecule has 0 aliphatic rings. The minimum absolute atomic E-state index is 0.0105. The van der Waals surface area contributed by atoms with E-state index in [1.54, 1.807) is 0 Å². The lowest BCUT2D eigenvalue weighted by molar-refractivity contribution is 0.0697. The molecule has 18 heavy (non-hydrogen) atoms. The fourth-order valence-corrected chi connectivity index (χ4v) is 1.97. The molecule has 0 heterocycles. The molecule has 1 N–H and O–H groups in total. The van der Waals surface area contributed by atoms with Crippen LogP contribution >= 0.6 is 0 Å². The van der Waals surface area contributed by atoms with Crippen LogP contribution in [-0.2, 0) is 0 Å². The molecule has 0 spiro atoms. The molecular formula is C15H13FO2. The molecule has 0 aliphatic carbocycles. The Kier molecular flexibility index (Phi) is 3.15. The van der Waals surface area contributed by atoms with E-state index < -0.39 is 11.8 Å². The van der Waals surface area contributed by atoms with Gasteiger partial charge in [-0.15, -0.1) is 0 Å². The van der Waals surface area contributed by atoms with Crippen molar-refractivity contribution in [3.05, 3.63) is 58.9 Å². The van der Waals surface area contributed by atoms with Gasteiger partial charge in [0.1, 0.15) is 5.82 Å². The maximum Gasteiger partial charge on any atom is 0.336 e. The first-order valence-corrected chi connectivity index (χ1v) is 5.60. The number of hydrogen-bond acceptors (Lipinski definition) is 1. The molecule has 2 aromatic rings. The molecule has 0 amide bonds. The lowest BCUT2D eigenvalue weighted by Gasteiger charge is -2.11. The van der Waals surface area contributed by atoms with Gasteiger partial charge in [0.25, 0.3) is 0 Å². The summed E-state index contributed by atoms with van der Waals surface area (Å²) in [6.45, 7) is 3.89. The van der Waals surface area contributed by atoms with Crippen molar-refractivity contribution in [1.82, 2.24) is 0 Å². The summed E-state index contributed by atoms with van der Waals surface area (Å²) in [7, 11) is 0. The number of aryl methyl sites for hydroxylation is 1. The highest BCUT2D eigenvalue weighted by molar-refractivity contribution is 5.96. The number of aromatic carboxylic acids is 1. The first kappa shape index (κ1) is 12.3. The molecule has 0 atom stereocenters. The zero-order valence-corrected chi connectivity index (χ0v) is 10.2. The summed E-state index contributed by atoms with van der Waals surface area (Å²) in [5.74, 6) is -1.66. The number of carboxylic acids is 1. The Morgan fingerprint density at radius 1 is 1.11 bits per heavy atom. The molecule has 0 unspecified atom stereocenters. The van der Waals surface area contributed by atoms with E-state index >= 15 is 0 Å². The number of carbonyl (C=O) groups is 1. The molecule has 0 bridgehead atoms. The first-order valence-electron chi connectivity index (χ1n) is 5.60. The van der Waals surface area contributed by atoms with Crippen molar-refractivity contribution >= 4 is 5.97 Å². The van der Waals surface area contributed by atoms with Crippen LogP contribution in [0.25, 0.3) is 11.1 Å². The van der Waals surface area contributed by atoms with Crippen LogP contribution in [0.5, 0.6) is 0 Å². The zero-order chi connectivity index (χ0) is 13.3. The van der Waals surface area contributed by atoms with Crippen LogP contribution in [0.2, 0.25) is 0 Å². The van der Waals surface area contributed by atoms with E-state index in [9.17, 15) is 9.18 Å². The summed E-state index contributed by atoms with van der Waals surface area (Å²) in [5, 5.41) is 9.14. The molecule has 0 aliphatic heterocycles. The van der Waals surface area contributed by atoms with Gasteiger partial charge in [-0.2, -0.15) is 0 Å². The molecule has 0 fully saturated rings. The van der Waals surface area contributed by atoms with Gasteiger partial charge in [-0.05, 0) is 48.2 Å². The number of carboxylic acid groups (broad SMARTS) is 1. The summed E-state index contributed by atoms with van der Waals surface area (Å²) < 4.78 is 13.1. The van der Waals surface area contributed by atoms with Gasteiger partial charge < -0.3 is 5.11 Å². The van der Waals surface area contributed by atoms with Gasteiger partial charge in [-0.3, -0.25) is 0 Å². The quantitative estimate of drug-likeness (QED) is 0.872. The van der Waals surface area contributed by atoms with Crippen LogP contribution in [0.4, 0.5) is 4.39 Å². The minimum Gasteiger partial charge on any atom is -0.478 e. The molecule has 3 heteroatoms. The van der Waals surface area contributed by atoms with Crippen molar-refractivity contribution in [3.8, 4) is 11.1 Å². The Bertz CT molecular complexity index is 618. The Morgan fingerprint density at radius 3 is 2.50 bits per heavy atom. The van der Waals surface area contributed by atoms with Crippen molar-refractivity contribution in [1.29, 1.82) is 0 Å². The average molecular weight is 244 g/mol. The Morgan fingerprint density at radius 2 is 1.83 bits per heavy atom. The normalized spacial score (nSPS) is 10.4. The highest BCUT2D eigenvalue weighted by atomic mass is 19.1. The van der Waals surface area contributed by atoms with E-state index in [1.165, 1.54) is 12.1 Å². The van der Waals surface area contributed by atoms with Crippen LogP contribution < -0.4 is 0 Å². The molecule has 92 valence electrons. The van der Waals surface area contributed by atoms with Crippen molar-refractivity contribution in [2.75, 3.05) is 0 Å². The molecule has 0 saturated carbocycles. The van der Waals surface area contributed by atoms with E-state index in [1.807, 2.05) is 32.0 Å². The molecule has 2 rings (SSSR count). The van der Waals surface area contributed by atoms with Gasteiger partial charge in [0.2, 0.25) is 0 Å². The smallest absolute Gasteiger partial charge is 0.336 e. The molecule has 0 saturated heterocycles. The number of benzene rings is 2. The Balaban J connectivity index is 2.71. The fraction of sp³-hybridized carbons (Fsp3) is 0.133. The van der Waals surface area contributed by atoms with Crippen molar-refractivity contribution < 1.29 is 14.3 Å². The third-order valence-corrected chi connectivity index (χ3v) is 3.11. The summed E-state index contributed by atoms with van der Waals surface area (Å²) in [6, 6.07) is 9.53. The largest absolute Gasteiger partial charge is 0.478 e. The van der Waals surface area contributed by atoms with Gasteiger partial charge >= 0.3 is 5.97 Å². The predicted molar refractivity (Wildman–Crippen MR) is 68.3 cm³/mol. The van der Waals surface area contributed by atoms with Gasteiger partial charge in [-0.25, -0.2) is 9.18 Å². The summed E-state index contributed by atoms with van der Waals surface area (Å²) in [4.78, 5) is 11.2. The lowest BCUT2D eigenvalue weighted by atomic mass is 9.93. The van der Waals surface area contributed by atoms with Crippen LogP contribution in [0, 0.1) is 19.7 Å². The topological polar surface area (TPSA) is 37.3 Å². The SMILES string of the molecule is Cc1cccc(-c2ccc(F)cc2C(=O)O)c1C. The Hall–Kier alpha value is -2.16. The second-order valence-corrected chi connectivity index (χ2v) is 4.24. The highest BCUT2D eigenvalue weighted by Crippen LogP contribution is 2.29. The first-order chi connectivity index (χ1) is 8.50. The molecule has 0 aromatic heterocycles. The van der Waals surface area contributed by atoms with Gasteiger partial charge in [0.15, 0.2) is 0 Å². The molecule has 2 aromatic carbocycles. The van der Waals surface area contributed by atoms with E-state index in [0.29, 0.717) is 5.56 Å². The second kappa shape index (κ2) is 4.61. The van der Waals surface area contributed by atoms with E-state index in [-0.39, 0.29) is 5.56 Å². The summed E-state index contributed by atoms with van der Waals surface area (Å²) in [5.41, 5.74) is 3.45. The molecule has 0 radical (unpaired) electrons. The number of halogens is 1. The van der Waals surface area contributed by atoms with E-state index in [4.69, 9.17) is 5.11 Å². The third-order valence-electron chi connectivity index (χ3n) is 3.11. The van der Waals surface area contributed by atoms with Crippen LogP contribution in [0.3, 0.4) is 0 Å². The summed E-state index contributed by atoms with van der Waals surface area (Å²) in [6.07, 6.45) is 0. The average Bonchev–Trinajstić information content (AvgIpc) is 2.33. The van der Waals surface area contributed by atoms with Gasteiger partial charge in [0.05, 0.1) is 5.56 Å².